The van der Waals surface area contributed by atoms with E-state index in [1.54, 1.807) is 42.5 Å². The van der Waals surface area contributed by atoms with Crippen molar-refractivity contribution in [2.45, 2.75) is 18.2 Å². The molecule has 0 heterocycles. The molecule has 0 aliphatic rings. The van der Waals surface area contributed by atoms with E-state index in [1.807, 2.05) is 12.1 Å². The molecule has 0 fully saturated rings. The number of ether oxygens (including phenoxy) is 2. The zero-order valence-electron chi connectivity index (χ0n) is 19.0. The second-order valence-corrected chi connectivity index (χ2v) is 10.2. The van der Waals surface area contributed by atoms with Gasteiger partial charge in [0.05, 0.1) is 16.5 Å². The van der Waals surface area contributed by atoms with Gasteiger partial charge >= 0.3 is 0 Å². The van der Waals surface area contributed by atoms with E-state index in [0.717, 1.165) is 16.5 Å². The first-order chi connectivity index (χ1) is 16.7. The van der Waals surface area contributed by atoms with E-state index < -0.39 is 15.9 Å². The third-order valence-electron chi connectivity index (χ3n) is 4.78. The summed E-state index contributed by atoms with van der Waals surface area (Å²) in [7, 11) is -2.25. The minimum absolute atomic E-state index is 0.0611. The second kappa shape index (κ2) is 12.0. The Kier molecular flexibility index (Phi) is 9.07. The summed E-state index contributed by atoms with van der Waals surface area (Å²) in [5, 5.41) is 5.43. The second-order valence-electron chi connectivity index (χ2n) is 7.27. The molecule has 0 aliphatic heterocycles. The van der Waals surface area contributed by atoms with Gasteiger partial charge in [-0.3, -0.25) is 14.8 Å². The molecule has 0 aromatic heterocycles. The van der Waals surface area contributed by atoms with Gasteiger partial charge in [0.1, 0.15) is 11.5 Å². The molecule has 3 aromatic carbocycles. The van der Waals surface area contributed by atoms with E-state index in [2.05, 4.69) is 38.2 Å². The highest BCUT2D eigenvalue weighted by molar-refractivity contribution is 9.10. The molecule has 0 radical (unpaired) electrons. The molecule has 0 unspecified atom stereocenters. The first kappa shape index (κ1) is 26.5. The van der Waals surface area contributed by atoms with E-state index in [1.165, 1.54) is 19.2 Å². The Morgan fingerprint density at radius 3 is 2.26 bits per heavy atom. The van der Waals surface area contributed by atoms with E-state index >= 15 is 0 Å². The lowest BCUT2D eigenvalue weighted by Crippen LogP contribution is -2.37. The number of aryl methyl sites for hydroxylation is 1. The molecule has 184 valence electrons. The molecule has 3 aromatic rings. The number of carbonyl (C=O) groups excluding carboxylic acids is 1. The number of benzene rings is 3. The lowest BCUT2D eigenvalue weighted by atomic mass is 10.2. The summed E-state index contributed by atoms with van der Waals surface area (Å²) in [4.78, 5) is 12.2. The minimum atomic E-state index is -3.78. The van der Waals surface area contributed by atoms with Crippen LogP contribution in [0.15, 0.2) is 76.1 Å². The summed E-state index contributed by atoms with van der Waals surface area (Å²) < 4.78 is 39.1. The molecule has 0 saturated heterocycles. The quantitative estimate of drug-likeness (QED) is 0.316. The highest BCUT2D eigenvalue weighted by Crippen LogP contribution is 2.26. The predicted octanol–water partition coefficient (Wildman–Crippen LogP) is 4.71. The van der Waals surface area contributed by atoms with Gasteiger partial charge in [0.25, 0.3) is 15.9 Å². The number of halogens is 1. The first-order valence-electron chi connectivity index (χ1n) is 10.5. The van der Waals surface area contributed by atoms with Crippen molar-refractivity contribution in [3.05, 3.63) is 76.8 Å². The number of amides is 1. The average molecular weight is 579 g/mol. The SMILES string of the molecule is CCc1ccc(OCC(=O)NC(=S)Nc2ccc(S(=O)(=O)Nc3ccc(OC)cc3)cc2)c(Br)c1. The fourth-order valence-corrected chi connectivity index (χ4v) is 4.77. The number of rotatable bonds is 9. The predicted molar refractivity (Wildman–Crippen MR) is 144 cm³/mol. The van der Waals surface area contributed by atoms with Crippen LogP contribution in [-0.2, 0) is 21.2 Å². The number of sulfonamides is 1. The molecule has 1 amide bonds. The van der Waals surface area contributed by atoms with Crippen LogP contribution in [0.5, 0.6) is 11.5 Å². The molecule has 0 bridgehead atoms. The Balaban J connectivity index is 1.52. The van der Waals surface area contributed by atoms with Crippen molar-refractivity contribution in [3.8, 4) is 11.5 Å². The van der Waals surface area contributed by atoms with Gasteiger partial charge in [0.2, 0.25) is 0 Å². The maximum absolute atomic E-state index is 12.6. The van der Waals surface area contributed by atoms with E-state index in [-0.39, 0.29) is 16.6 Å². The third-order valence-corrected chi connectivity index (χ3v) is 7.00. The number of hydrogen-bond acceptors (Lipinski definition) is 6. The van der Waals surface area contributed by atoms with Gasteiger partial charge in [-0.2, -0.15) is 0 Å². The fourth-order valence-electron chi connectivity index (χ4n) is 2.94. The molecule has 0 atom stereocenters. The van der Waals surface area contributed by atoms with Crippen molar-refractivity contribution in [3.63, 3.8) is 0 Å². The maximum atomic E-state index is 12.6. The van der Waals surface area contributed by atoms with Gasteiger partial charge in [0.15, 0.2) is 11.7 Å². The Morgan fingerprint density at radius 1 is 1.00 bits per heavy atom. The van der Waals surface area contributed by atoms with Gasteiger partial charge in [-0.05, 0) is 101 Å². The van der Waals surface area contributed by atoms with Gasteiger partial charge in [0, 0.05) is 11.4 Å². The number of methoxy groups -OCH3 is 1. The summed E-state index contributed by atoms with van der Waals surface area (Å²) in [6.45, 7) is 1.83. The molecule has 0 aliphatic carbocycles. The first-order valence-corrected chi connectivity index (χ1v) is 13.2. The lowest BCUT2D eigenvalue weighted by Gasteiger charge is -2.12. The van der Waals surface area contributed by atoms with Crippen LogP contribution in [0.2, 0.25) is 0 Å². The van der Waals surface area contributed by atoms with Crippen molar-refractivity contribution in [2.75, 3.05) is 23.8 Å². The smallest absolute Gasteiger partial charge is 0.264 e. The zero-order chi connectivity index (χ0) is 25.4. The van der Waals surface area contributed by atoms with Crippen LogP contribution in [0.3, 0.4) is 0 Å². The normalized spacial score (nSPS) is 10.8. The molecular weight excluding hydrogens is 554 g/mol. The maximum Gasteiger partial charge on any atom is 0.264 e. The Morgan fingerprint density at radius 2 is 1.66 bits per heavy atom. The summed E-state index contributed by atoms with van der Waals surface area (Å²) >= 11 is 8.60. The zero-order valence-corrected chi connectivity index (χ0v) is 22.2. The molecule has 35 heavy (non-hydrogen) atoms. The number of nitrogens with one attached hydrogen (secondary N) is 3. The highest BCUT2D eigenvalue weighted by Gasteiger charge is 2.15. The van der Waals surface area contributed by atoms with Crippen molar-refractivity contribution in [1.82, 2.24) is 5.32 Å². The summed E-state index contributed by atoms with van der Waals surface area (Å²) in [5.41, 5.74) is 2.07. The molecule has 3 rings (SSSR count). The largest absolute Gasteiger partial charge is 0.497 e. The monoisotopic (exact) mass is 577 g/mol. The number of hydrogen-bond donors (Lipinski definition) is 3. The van der Waals surface area contributed by atoms with Gasteiger partial charge in [-0.15, -0.1) is 0 Å². The van der Waals surface area contributed by atoms with Crippen LogP contribution in [0.4, 0.5) is 11.4 Å². The van der Waals surface area contributed by atoms with E-state index in [4.69, 9.17) is 21.7 Å². The van der Waals surface area contributed by atoms with Crippen molar-refractivity contribution < 1.29 is 22.7 Å². The molecule has 11 heteroatoms. The number of anilines is 2. The van der Waals surface area contributed by atoms with Crippen LogP contribution in [-0.4, -0.2) is 33.2 Å². The van der Waals surface area contributed by atoms with Crippen LogP contribution >= 0.6 is 28.1 Å². The number of carbonyl (C=O) groups is 1. The summed E-state index contributed by atoms with van der Waals surface area (Å²) in [5.74, 6) is 0.740. The Labute approximate surface area is 218 Å². The molecule has 0 spiro atoms. The Hall–Kier alpha value is -3.15. The van der Waals surface area contributed by atoms with Crippen molar-refractivity contribution in [2.24, 2.45) is 0 Å². The molecular formula is C24H24BrN3O5S2. The third kappa shape index (κ3) is 7.67. The van der Waals surface area contributed by atoms with Crippen LogP contribution in [0.25, 0.3) is 0 Å². The van der Waals surface area contributed by atoms with Crippen molar-refractivity contribution >= 4 is 60.6 Å². The van der Waals surface area contributed by atoms with E-state index in [0.29, 0.717) is 22.9 Å². The summed E-state index contributed by atoms with van der Waals surface area (Å²) in [6.07, 6.45) is 0.894. The summed E-state index contributed by atoms with van der Waals surface area (Å²) in [6, 6.07) is 18.2. The van der Waals surface area contributed by atoms with Gasteiger partial charge in [-0.1, -0.05) is 13.0 Å². The average Bonchev–Trinajstić information content (AvgIpc) is 2.83. The topological polar surface area (TPSA) is 106 Å². The van der Waals surface area contributed by atoms with Gasteiger partial charge in [-0.25, -0.2) is 8.42 Å². The Bertz CT molecular complexity index is 1300. The molecule has 0 saturated carbocycles. The van der Waals surface area contributed by atoms with Crippen molar-refractivity contribution in [1.29, 1.82) is 0 Å². The van der Waals surface area contributed by atoms with Crippen LogP contribution in [0, 0.1) is 0 Å². The minimum Gasteiger partial charge on any atom is -0.497 e. The molecule has 8 nitrogen and oxygen atoms in total. The highest BCUT2D eigenvalue weighted by atomic mass is 79.9. The fraction of sp³-hybridized carbons (Fsp3) is 0.167. The van der Waals surface area contributed by atoms with Crippen LogP contribution in [0.1, 0.15) is 12.5 Å². The van der Waals surface area contributed by atoms with Gasteiger partial charge < -0.3 is 14.8 Å². The van der Waals surface area contributed by atoms with Crippen LogP contribution < -0.4 is 24.8 Å². The van der Waals surface area contributed by atoms with E-state index in [9.17, 15) is 13.2 Å². The lowest BCUT2D eigenvalue weighted by molar-refractivity contribution is -0.121. The molecule has 3 N–H and O–H groups in total. The standard InChI is InChI=1S/C24H24BrN3O5S2/c1-3-16-4-13-22(21(25)14-16)33-15-23(29)27-24(34)26-17-7-11-20(12-8-17)35(30,31)28-18-5-9-19(32-2)10-6-18/h4-14,28H,3,15H2,1-2H3,(H2,26,27,29,34). The number of thiocarbonyl (C=S) groups is 1.